The number of carbonyl (C=O) groups excluding carboxylic acids is 1. The van der Waals surface area contributed by atoms with E-state index in [1.54, 1.807) is 12.1 Å². The topological polar surface area (TPSA) is 99.4 Å². The highest BCUT2D eigenvalue weighted by Gasteiger charge is 2.13. The van der Waals surface area contributed by atoms with Crippen molar-refractivity contribution in [2.75, 3.05) is 31.3 Å². The molecule has 0 saturated heterocycles. The molecule has 3 N–H and O–H groups in total. The van der Waals surface area contributed by atoms with Gasteiger partial charge in [0.2, 0.25) is 5.95 Å². The zero-order valence-electron chi connectivity index (χ0n) is 12.8. The fourth-order valence-electron chi connectivity index (χ4n) is 2.00. The minimum absolute atomic E-state index is 0.172. The monoisotopic (exact) mass is 304 g/mol. The van der Waals surface area contributed by atoms with Gasteiger partial charge in [-0.3, -0.25) is 0 Å². The Balaban J connectivity index is 2.36. The van der Waals surface area contributed by atoms with Crippen LogP contribution >= 0.6 is 0 Å². The van der Waals surface area contributed by atoms with Gasteiger partial charge in [-0.05, 0) is 18.6 Å². The number of nitrogen functional groups attached to an aromatic ring is 1. The molecule has 7 nitrogen and oxygen atoms in total. The Kier molecular flexibility index (Phi) is 5.35. The first-order chi connectivity index (χ1) is 10.7. The number of esters is 1. The average Bonchev–Trinajstić information content (AvgIpc) is 2.52. The highest BCUT2D eigenvalue weighted by Crippen LogP contribution is 2.30. The summed E-state index contributed by atoms with van der Waals surface area (Å²) in [6.45, 7) is 2.71. The molecule has 1 heterocycles. The van der Waals surface area contributed by atoms with E-state index in [-0.39, 0.29) is 12.6 Å². The van der Waals surface area contributed by atoms with E-state index in [9.17, 15) is 4.79 Å². The van der Waals surface area contributed by atoms with E-state index in [2.05, 4.69) is 26.9 Å². The van der Waals surface area contributed by atoms with Crippen molar-refractivity contribution in [3.63, 3.8) is 0 Å². The zero-order valence-corrected chi connectivity index (χ0v) is 12.8. The van der Waals surface area contributed by atoms with Crippen molar-refractivity contribution < 1.29 is 14.3 Å². The van der Waals surface area contributed by atoms with Crippen LogP contribution in [0, 0.1) is 0 Å². The largest absolute Gasteiger partial charge is 0.481 e. The summed E-state index contributed by atoms with van der Waals surface area (Å²) in [4.78, 5) is 19.7. The quantitative estimate of drug-likeness (QED) is 0.596. The molecule has 22 heavy (non-hydrogen) atoms. The number of hydrogen-bond donors (Lipinski definition) is 2. The molecule has 0 atom stereocenters. The van der Waals surface area contributed by atoms with Crippen LogP contribution < -0.4 is 15.8 Å². The lowest BCUT2D eigenvalue weighted by Gasteiger charge is -2.13. The number of aromatic nitrogens is 2. The lowest BCUT2D eigenvalue weighted by molar-refractivity contribution is -0.142. The van der Waals surface area contributed by atoms with Crippen molar-refractivity contribution in [3.8, 4) is 5.75 Å². The zero-order chi connectivity index (χ0) is 15.9. The summed E-state index contributed by atoms with van der Waals surface area (Å²) in [5.74, 6) is 0.865. The Hall–Kier alpha value is -2.57. The molecule has 0 bridgehead atoms. The molecule has 2 aromatic rings. The van der Waals surface area contributed by atoms with Crippen LogP contribution in [0.25, 0.3) is 10.9 Å². The molecular formula is C15H20N4O3. The molecule has 0 aliphatic heterocycles. The molecule has 0 spiro atoms. The van der Waals surface area contributed by atoms with Crippen molar-refractivity contribution in [3.05, 3.63) is 18.2 Å². The molecule has 7 heteroatoms. The summed E-state index contributed by atoms with van der Waals surface area (Å²) in [5, 5.41) is 3.95. The van der Waals surface area contributed by atoms with E-state index < -0.39 is 5.97 Å². The van der Waals surface area contributed by atoms with E-state index in [0.717, 1.165) is 19.4 Å². The summed E-state index contributed by atoms with van der Waals surface area (Å²) < 4.78 is 10.1. The first kappa shape index (κ1) is 15.8. The maximum atomic E-state index is 11.3. The van der Waals surface area contributed by atoms with Gasteiger partial charge in [-0.15, -0.1) is 0 Å². The third kappa shape index (κ3) is 3.75. The Morgan fingerprint density at radius 3 is 2.91 bits per heavy atom. The van der Waals surface area contributed by atoms with Crippen molar-refractivity contribution in [1.82, 2.24) is 9.97 Å². The van der Waals surface area contributed by atoms with Gasteiger partial charge in [-0.2, -0.15) is 4.98 Å². The molecule has 1 aromatic carbocycles. The number of methoxy groups -OCH3 is 1. The normalized spacial score (nSPS) is 10.5. The van der Waals surface area contributed by atoms with Gasteiger partial charge >= 0.3 is 5.97 Å². The van der Waals surface area contributed by atoms with Crippen LogP contribution in [0.3, 0.4) is 0 Å². The smallest absolute Gasteiger partial charge is 0.343 e. The predicted molar refractivity (Wildman–Crippen MR) is 84.9 cm³/mol. The van der Waals surface area contributed by atoms with Crippen molar-refractivity contribution in [2.45, 2.75) is 19.8 Å². The van der Waals surface area contributed by atoms with E-state index in [1.165, 1.54) is 7.11 Å². The summed E-state index contributed by atoms with van der Waals surface area (Å²) >= 11 is 0. The highest BCUT2D eigenvalue weighted by molar-refractivity contribution is 5.95. The fourth-order valence-corrected chi connectivity index (χ4v) is 2.00. The molecule has 0 aliphatic rings. The van der Waals surface area contributed by atoms with Crippen LogP contribution in [0.4, 0.5) is 11.8 Å². The van der Waals surface area contributed by atoms with E-state index in [1.807, 2.05) is 6.07 Å². The molecule has 0 fully saturated rings. The van der Waals surface area contributed by atoms with Crippen LogP contribution in [0.2, 0.25) is 0 Å². The number of nitrogens with two attached hydrogens (primary N) is 1. The number of nitrogens with zero attached hydrogens (tertiary/aromatic N) is 2. The van der Waals surface area contributed by atoms with E-state index in [4.69, 9.17) is 10.5 Å². The van der Waals surface area contributed by atoms with Gasteiger partial charge in [-0.1, -0.05) is 19.4 Å². The van der Waals surface area contributed by atoms with Gasteiger partial charge in [0, 0.05) is 6.54 Å². The molecule has 0 unspecified atom stereocenters. The number of rotatable bonds is 7. The number of ether oxygens (including phenoxy) is 2. The number of hydrogen-bond acceptors (Lipinski definition) is 7. The average molecular weight is 304 g/mol. The lowest BCUT2D eigenvalue weighted by atomic mass is 10.2. The SMILES string of the molecule is CCCCNc1nc(N)nc2cccc(OCC(=O)OC)c12. The van der Waals surface area contributed by atoms with Crippen LogP contribution in [0.1, 0.15) is 19.8 Å². The number of benzene rings is 1. The fraction of sp³-hybridized carbons (Fsp3) is 0.400. The molecule has 118 valence electrons. The number of fused-ring (bicyclic) bond motifs is 1. The van der Waals surface area contributed by atoms with Crippen molar-refractivity contribution in [2.24, 2.45) is 0 Å². The first-order valence-corrected chi connectivity index (χ1v) is 7.15. The van der Waals surface area contributed by atoms with Gasteiger partial charge in [0.15, 0.2) is 6.61 Å². The third-order valence-electron chi connectivity index (χ3n) is 3.10. The second-order valence-corrected chi connectivity index (χ2v) is 4.73. The Bertz CT molecular complexity index is 661. The lowest BCUT2D eigenvalue weighted by Crippen LogP contribution is -2.13. The summed E-state index contributed by atoms with van der Waals surface area (Å²) in [5.41, 5.74) is 6.41. The van der Waals surface area contributed by atoms with Gasteiger partial charge in [0.25, 0.3) is 0 Å². The molecule has 0 saturated carbocycles. The predicted octanol–water partition coefficient (Wildman–Crippen LogP) is 1.98. The second kappa shape index (κ2) is 7.44. The van der Waals surface area contributed by atoms with Gasteiger partial charge in [0.05, 0.1) is 18.0 Å². The minimum Gasteiger partial charge on any atom is -0.481 e. The van der Waals surface area contributed by atoms with Gasteiger partial charge in [0.1, 0.15) is 11.6 Å². The highest BCUT2D eigenvalue weighted by atomic mass is 16.6. The van der Waals surface area contributed by atoms with Crippen LogP contribution in [-0.4, -0.2) is 36.2 Å². The van der Waals surface area contributed by atoms with E-state index in [0.29, 0.717) is 22.5 Å². The molecule has 0 radical (unpaired) electrons. The molecule has 1 aromatic heterocycles. The Labute approximate surface area is 128 Å². The molecule has 2 rings (SSSR count). The molecule has 0 amide bonds. The maximum absolute atomic E-state index is 11.3. The van der Waals surface area contributed by atoms with Gasteiger partial charge < -0.3 is 20.5 Å². The summed E-state index contributed by atoms with van der Waals surface area (Å²) in [7, 11) is 1.32. The number of nitrogens with one attached hydrogen (secondary N) is 1. The number of anilines is 2. The number of carbonyl (C=O) groups is 1. The Morgan fingerprint density at radius 1 is 1.36 bits per heavy atom. The molecular weight excluding hydrogens is 284 g/mol. The molecule has 0 aliphatic carbocycles. The van der Waals surface area contributed by atoms with Crippen molar-refractivity contribution >= 4 is 28.6 Å². The van der Waals surface area contributed by atoms with Crippen LogP contribution in [0.15, 0.2) is 18.2 Å². The summed E-state index contributed by atoms with van der Waals surface area (Å²) in [6, 6.07) is 5.37. The Morgan fingerprint density at radius 2 is 2.18 bits per heavy atom. The second-order valence-electron chi connectivity index (χ2n) is 4.73. The number of unbranched alkanes of at least 4 members (excludes halogenated alkanes) is 1. The maximum Gasteiger partial charge on any atom is 0.343 e. The standard InChI is InChI=1S/C15H20N4O3/c1-3-4-8-17-14-13-10(18-15(16)19-14)6-5-7-11(13)22-9-12(20)21-2/h5-7H,3-4,8-9H2,1-2H3,(H3,16,17,18,19). The first-order valence-electron chi connectivity index (χ1n) is 7.15. The van der Waals surface area contributed by atoms with Crippen LogP contribution in [-0.2, 0) is 9.53 Å². The van der Waals surface area contributed by atoms with Crippen molar-refractivity contribution in [1.29, 1.82) is 0 Å². The third-order valence-corrected chi connectivity index (χ3v) is 3.10. The van der Waals surface area contributed by atoms with Crippen LogP contribution in [0.5, 0.6) is 5.75 Å². The summed E-state index contributed by atoms with van der Waals surface area (Å²) in [6.07, 6.45) is 2.08. The van der Waals surface area contributed by atoms with E-state index >= 15 is 0 Å². The minimum atomic E-state index is -0.450. The van der Waals surface area contributed by atoms with Gasteiger partial charge in [-0.25, -0.2) is 9.78 Å².